The van der Waals surface area contributed by atoms with E-state index in [0.717, 1.165) is 0 Å². The van der Waals surface area contributed by atoms with Crippen LogP contribution in [0.4, 0.5) is 5.69 Å². The Kier molecular flexibility index (Phi) is 3.78. The van der Waals surface area contributed by atoms with Gasteiger partial charge in [0.15, 0.2) is 0 Å². The first-order valence-electron chi connectivity index (χ1n) is 4.02. The highest BCUT2D eigenvalue weighted by atomic mass is 16.5. The number of nitrogens with zero attached hydrogens (tertiary/aromatic N) is 3. The van der Waals surface area contributed by atoms with E-state index in [0.29, 0.717) is 17.6 Å². The molecule has 0 fully saturated rings. The van der Waals surface area contributed by atoms with Gasteiger partial charge >= 0.3 is 0 Å². The van der Waals surface area contributed by atoms with E-state index in [2.05, 4.69) is 15.9 Å². The lowest BCUT2D eigenvalue weighted by molar-refractivity contribution is 0.112. The second-order valence-electron chi connectivity index (χ2n) is 2.53. The maximum atomic E-state index is 10.5. The molecular weight excluding hydrogens is 194 g/mol. The molecule has 74 valence electrons. The first-order valence-corrected chi connectivity index (χ1v) is 4.02. The minimum absolute atomic E-state index is 0.0778. The molecule has 15 heavy (non-hydrogen) atoms. The van der Waals surface area contributed by atoms with E-state index in [1.807, 2.05) is 0 Å². The van der Waals surface area contributed by atoms with E-state index in [9.17, 15) is 4.79 Å². The fraction of sp³-hybridized carbons (Fsp3) is 0.100. The van der Waals surface area contributed by atoms with Gasteiger partial charge in [0.05, 0.1) is 5.69 Å². The molecule has 0 amide bonds. The van der Waals surface area contributed by atoms with Crippen molar-refractivity contribution in [3.05, 3.63) is 34.2 Å². The Bertz CT molecular complexity index is 456. The summed E-state index contributed by atoms with van der Waals surface area (Å²) in [6.07, 6.45) is 5.68. The molecule has 1 aromatic carbocycles. The van der Waals surface area contributed by atoms with E-state index >= 15 is 0 Å². The van der Waals surface area contributed by atoms with E-state index in [-0.39, 0.29) is 12.3 Å². The van der Waals surface area contributed by atoms with Crippen LogP contribution < -0.4 is 4.74 Å². The van der Waals surface area contributed by atoms with Crippen LogP contribution >= 0.6 is 0 Å². The summed E-state index contributed by atoms with van der Waals surface area (Å²) in [5.74, 6) is 2.65. The lowest BCUT2D eigenvalue weighted by Gasteiger charge is -2.05. The van der Waals surface area contributed by atoms with Crippen LogP contribution in [0.2, 0.25) is 0 Å². The highest BCUT2D eigenvalue weighted by Crippen LogP contribution is 2.28. The lowest BCUT2D eigenvalue weighted by Crippen LogP contribution is -1.94. The average Bonchev–Trinajstić information content (AvgIpc) is 2.27. The number of aldehydes is 1. The molecule has 0 saturated carbocycles. The number of terminal acetylenes is 1. The van der Waals surface area contributed by atoms with Crippen molar-refractivity contribution in [2.75, 3.05) is 6.61 Å². The highest BCUT2D eigenvalue weighted by Gasteiger charge is 2.02. The molecule has 5 heteroatoms. The van der Waals surface area contributed by atoms with Crippen molar-refractivity contribution in [1.29, 1.82) is 0 Å². The molecule has 0 aromatic heterocycles. The first-order chi connectivity index (χ1) is 7.31. The van der Waals surface area contributed by atoms with Gasteiger partial charge in [0.1, 0.15) is 18.6 Å². The molecule has 0 spiro atoms. The maximum absolute atomic E-state index is 10.5. The lowest BCUT2D eigenvalue weighted by atomic mass is 10.2. The number of carbonyl (C=O) groups excluding carboxylic acids is 1. The fourth-order valence-electron chi connectivity index (χ4n) is 0.976. The summed E-state index contributed by atoms with van der Waals surface area (Å²) >= 11 is 0. The second kappa shape index (κ2) is 5.32. The molecule has 0 saturated heterocycles. The Morgan fingerprint density at radius 3 is 3.07 bits per heavy atom. The molecule has 1 aromatic rings. The van der Waals surface area contributed by atoms with Crippen molar-refractivity contribution in [3.8, 4) is 18.1 Å². The molecular formula is C10H7N3O2. The quantitative estimate of drug-likeness (QED) is 0.246. The van der Waals surface area contributed by atoms with Crippen molar-refractivity contribution in [2.24, 2.45) is 5.11 Å². The molecule has 0 radical (unpaired) electrons. The third-order valence-electron chi connectivity index (χ3n) is 1.58. The van der Waals surface area contributed by atoms with E-state index < -0.39 is 0 Å². The summed E-state index contributed by atoms with van der Waals surface area (Å²) in [6.45, 7) is 0.0778. The summed E-state index contributed by atoms with van der Waals surface area (Å²) < 4.78 is 5.12. The Balaban J connectivity index is 3.09. The fourth-order valence-corrected chi connectivity index (χ4v) is 0.976. The van der Waals surface area contributed by atoms with E-state index in [1.54, 1.807) is 6.07 Å². The number of rotatable bonds is 4. The number of ether oxygens (including phenoxy) is 1. The number of hydrogen-bond donors (Lipinski definition) is 0. The molecule has 0 bridgehead atoms. The Labute approximate surface area is 86.3 Å². The third kappa shape index (κ3) is 2.76. The molecule has 1 rings (SSSR count). The molecule has 0 unspecified atom stereocenters. The van der Waals surface area contributed by atoms with Crippen LogP contribution in [-0.4, -0.2) is 12.9 Å². The van der Waals surface area contributed by atoms with Gasteiger partial charge in [-0.3, -0.25) is 4.79 Å². The summed E-state index contributed by atoms with van der Waals surface area (Å²) in [7, 11) is 0. The van der Waals surface area contributed by atoms with E-state index in [4.69, 9.17) is 16.7 Å². The molecule has 0 N–H and O–H groups in total. The summed E-state index contributed by atoms with van der Waals surface area (Å²) in [5.41, 5.74) is 8.96. The average molecular weight is 201 g/mol. The first kappa shape index (κ1) is 10.6. The van der Waals surface area contributed by atoms with Gasteiger partial charge in [0.25, 0.3) is 0 Å². The zero-order valence-electron chi connectivity index (χ0n) is 7.75. The largest absolute Gasteiger partial charge is 0.480 e. The second-order valence-corrected chi connectivity index (χ2v) is 2.53. The van der Waals surface area contributed by atoms with Crippen LogP contribution in [0, 0.1) is 12.3 Å². The van der Waals surface area contributed by atoms with Crippen molar-refractivity contribution < 1.29 is 9.53 Å². The van der Waals surface area contributed by atoms with Crippen LogP contribution in [0.1, 0.15) is 10.4 Å². The zero-order chi connectivity index (χ0) is 11.1. The van der Waals surface area contributed by atoms with Crippen molar-refractivity contribution in [2.45, 2.75) is 0 Å². The predicted molar refractivity (Wildman–Crippen MR) is 55.0 cm³/mol. The predicted octanol–water partition coefficient (Wildman–Crippen LogP) is 2.45. The van der Waals surface area contributed by atoms with Crippen molar-refractivity contribution in [3.63, 3.8) is 0 Å². The number of benzene rings is 1. The third-order valence-corrected chi connectivity index (χ3v) is 1.58. The van der Waals surface area contributed by atoms with Crippen molar-refractivity contribution in [1.82, 2.24) is 0 Å². The highest BCUT2D eigenvalue weighted by molar-refractivity contribution is 5.77. The maximum Gasteiger partial charge on any atom is 0.150 e. The van der Waals surface area contributed by atoms with Crippen LogP contribution in [0.3, 0.4) is 0 Å². The zero-order valence-corrected chi connectivity index (χ0v) is 7.75. The smallest absolute Gasteiger partial charge is 0.150 e. The van der Waals surface area contributed by atoms with Gasteiger partial charge in [0, 0.05) is 10.5 Å². The minimum atomic E-state index is 0.0778. The van der Waals surface area contributed by atoms with Crippen LogP contribution in [0.5, 0.6) is 5.75 Å². The Hall–Kier alpha value is -2.44. The molecule has 0 aliphatic carbocycles. The normalized spacial score (nSPS) is 8.47. The van der Waals surface area contributed by atoms with Crippen LogP contribution in [0.25, 0.3) is 10.4 Å². The van der Waals surface area contributed by atoms with Crippen LogP contribution in [-0.2, 0) is 0 Å². The Morgan fingerprint density at radius 2 is 2.47 bits per heavy atom. The number of azide groups is 1. The number of carbonyl (C=O) groups is 1. The molecule has 5 nitrogen and oxygen atoms in total. The summed E-state index contributed by atoms with van der Waals surface area (Å²) in [6, 6.07) is 4.51. The van der Waals surface area contributed by atoms with Gasteiger partial charge < -0.3 is 4.74 Å². The number of hydrogen-bond acceptors (Lipinski definition) is 3. The van der Waals surface area contributed by atoms with Gasteiger partial charge in [0.2, 0.25) is 0 Å². The molecule has 0 aliphatic rings. The topological polar surface area (TPSA) is 75.1 Å². The van der Waals surface area contributed by atoms with Gasteiger partial charge in [-0.05, 0) is 23.7 Å². The molecule has 0 aliphatic heterocycles. The minimum Gasteiger partial charge on any atom is -0.480 e. The molecule has 0 heterocycles. The SMILES string of the molecule is C#CCOc1ccc(C=O)cc1N=[N+]=[N-]. The van der Waals surface area contributed by atoms with Crippen molar-refractivity contribution >= 4 is 12.0 Å². The van der Waals surface area contributed by atoms with Gasteiger partial charge in [-0.2, -0.15) is 0 Å². The van der Waals surface area contributed by atoms with Gasteiger partial charge in [-0.15, -0.1) is 6.42 Å². The monoisotopic (exact) mass is 201 g/mol. The Morgan fingerprint density at radius 1 is 1.67 bits per heavy atom. The van der Waals surface area contributed by atoms with Gasteiger partial charge in [-0.25, -0.2) is 0 Å². The van der Waals surface area contributed by atoms with Gasteiger partial charge in [-0.1, -0.05) is 11.0 Å². The summed E-state index contributed by atoms with van der Waals surface area (Å²) in [4.78, 5) is 13.1. The van der Waals surface area contributed by atoms with E-state index in [1.165, 1.54) is 12.1 Å². The summed E-state index contributed by atoms with van der Waals surface area (Å²) in [5, 5.41) is 3.40. The van der Waals surface area contributed by atoms with Crippen LogP contribution in [0.15, 0.2) is 23.3 Å². The molecule has 0 atom stereocenters. The standard InChI is InChI=1S/C10H7N3O2/c1-2-5-15-10-4-3-8(7-14)6-9(10)12-13-11/h1,3-4,6-7H,5H2.